The highest BCUT2D eigenvalue weighted by Gasteiger charge is 2.43. The number of carbonyl (C=O) groups is 2. The lowest BCUT2D eigenvalue weighted by Gasteiger charge is -2.19. The first-order chi connectivity index (χ1) is 9.59. The molecule has 0 spiro atoms. The molecule has 1 aromatic carbocycles. The number of benzene rings is 1. The van der Waals surface area contributed by atoms with Crippen LogP contribution in [0.5, 0.6) is 0 Å². The Labute approximate surface area is 116 Å². The molecule has 20 heavy (non-hydrogen) atoms. The van der Waals surface area contributed by atoms with Gasteiger partial charge in [-0.15, -0.1) is 0 Å². The number of aliphatic imine (C=N–C) groups is 1. The van der Waals surface area contributed by atoms with Crippen molar-refractivity contribution < 1.29 is 14.7 Å². The molecule has 0 bridgehead atoms. The van der Waals surface area contributed by atoms with Gasteiger partial charge in [-0.1, -0.05) is 29.8 Å². The maximum absolute atomic E-state index is 12.1. The zero-order valence-electron chi connectivity index (χ0n) is 11.1. The summed E-state index contributed by atoms with van der Waals surface area (Å²) < 4.78 is 0. The molecular weight excluding hydrogens is 256 g/mol. The van der Waals surface area contributed by atoms with E-state index in [1.54, 1.807) is 12.1 Å². The molecule has 102 valence electrons. The zero-order chi connectivity index (χ0) is 14.3. The first-order valence-corrected chi connectivity index (χ1v) is 6.51. The first-order valence-electron chi connectivity index (χ1n) is 6.51. The van der Waals surface area contributed by atoms with E-state index in [4.69, 9.17) is 0 Å². The number of aryl methyl sites for hydroxylation is 1. The van der Waals surface area contributed by atoms with E-state index in [0.717, 1.165) is 12.0 Å². The van der Waals surface area contributed by atoms with Gasteiger partial charge in [0.25, 0.3) is 5.78 Å². The Morgan fingerprint density at radius 3 is 2.65 bits per heavy atom. The Morgan fingerprint density at radius 1 is 1.25 bits per heavy atom. The van der Waals surface area contributed by atoms with Crippen LogP contribution in [0.25, 0.3) is 5.76 Å². The predicted molar refractivity (Wildman–Crippen MR) is 74.4 cm³/mol. The number of hydrogen-bond donors (Lipinski definition) is 1. The zero-order valence-corrected chi connectivity index (χ0v) is 11.1. The van der Waals surface area contributed by atoms with Crippen molar-refractivity contribution in [2.45, 2.75) is 13.3 Å². The van der Waals surface area contributed by atoms with Gasteiger partial charge >= 0.3 is 5.91 Å². The molecule has 1 N–H and O–H groups in total. The Bertz CT molecular complexity index is 656. The van der Waals surface area contributed by atoms with Gasteiger partial charge in [0.2, 0.25) is 0 Å². The number of fused-ring (bicyclic) bond motifs is 1. The fourth-order valence-electron chi connectivity index (χ4n) is 2.42. The van der Waals surface area contributed by atoms with Crippen molar-refractivity contribution in [1.82, 2.24) is 4.90 Å². The average Bonchev–Trinajstić information content (AvgIpc) is 2.72. The first kappa shape index (κ1) is 12.6. The summed E-state index contributed by atoms with van der Waals surface area (Å²) in [4.78, 5) is 29.5. The molecule has 2 aliphatic rings. The lowest BCUT2D eigenvalue weighted by atomic mass is 10.0. The molecule has 0 atom stereocenters. The Balaban J connectivity index is 2.13. The van der Waals surface area contributed by atoms with Crippen LogP contribution in [-0.2, 0) is 9.59 Å². The molecule has 0 unspecified atom stereocenters. The second-order valence-corrected chi connectivity index (χ2v) is 4.93. The molecule has 1 saturated heterocycles. The van der Waals surface area contributed by atoms with E-state index in [-0.39, 0.29) is 11.3 Å². The number of aliphatic hydroxyl groups excluding tert-OH is 1. The van der Waals surface area contributed by atoms with Crippen LogP contribution in [0.4, 0.5) is 0 Å². The van der Waals surface area contributed by atoms with E-state index < -0.39 is 11.7 Å². The predicted octanol–water partition coefficient (Wildman–Crippen LogP) is 1.48. The van der Waals surface area contributed by atoms with Crippen LogP contribution in [0.15, 0.2) is 34.8 Å². The van der Waals surface area contributed by atoms with Crippen LogP contribution in [-0.4, -0.2) is 40.6 Å². The second-order valence-electron chi connectivity index (χ2n) is 4.93. The standard InChI is InChI=1S/C15H14N2O3/c1-9-3-5-10(6-4-9)12(18)11-13(19)15(20)17-8-2-7-16-14(11)17/h3-6,18H,2,7-8H2,1H3/b12-11-. The summed E-state index contributed by atoms with van der Waals surface area (Å²) in [6.07, 6.45) is 0.737. The van der Waals surface area contributed by atoms with Gasteiger partial charge < -0.3 is 5.11 Å². The van der Waals surface area contributed by atoms with Crippen molar-refractivity contribution in [2.24, 2.45) is 4.99 Å². The van der Waals surface area contributed by atoms with Gasteiger partial charge in [-0.3, -0.25) is 19.5 Å². The quantitative estimate of drug-likeness (QED) is 0.477. The Hall–Kier alpha value is -2.43. The van der Waals surface area contributed by atoms with Gasteiger partial charge in [-0.25, -0.2) is 0 Å². The summed E-state index contributed by atoms with van der Waals surface area (Å²) in [5.41, 5.74) is 1.59. The van der Waals surface area contributed by atoms with Gasteiger partial charge in [0.05, 0.1) is 0 Å². The highest BCUT2D eigenvalue weighted by atomic mass is 16.3. The van der Waals surface area contributed by atoms with Crippen LogP contribution < -0.4 is 0 Å². The van der Waals surface area contributed by atoms with E-state index in [0.29, 0.717) is 24.5 Å². The molecule has 3 rings (SSSR count). The molecule has 1 amide bonds. The number of hydrogen-bond acceptors (Lipinski definition) is 4. The van der Waals surface area contributed by atoms with Crippen molar-refractivity contribution in [3.8, 4) is 0 Å². The van der Waals surface area contributed by atoms with Crippen LogP contribution in [0.3, 0.4) is 0 Å². The largest absolute Gasteiger partial charge is 0.506 e. The van der Waals surface area contributed by atoms with E-state index >= 15 is 0 Å². The molecule has 5 nitrogen and oxygen atoms in total. The molecule has 0 aromatic heterocycles. The number of aliphatic hydroxyl groups is 1. The summed E-state index contributed by atoms with van der Waals surface area (Å²) in [5.74, 6) is -1.14. The van der Waals surface area contributed by atoms with Crippen LogP contribution >= 0.6 is 0 Å². The van der Waals surface area contributed by atoms with Gasteiger partial charge in [-0.2, -0.15) is 0 Å². The lowest BCUT2D eigenvalue weighted by molar-refractivity contribution is -0.138. The third-order valence-electron chi connectivity index (χ3n) is 3.51. The molecule has 0 radical (unpaired) electrons. The summed E-state index contributed by atoms with van der Waals surface area (Å²) in [5, 5.41) is 10.3. The molecule has 1 fully saturated rings. The number of nitrogens with zero attached hydrogens (tertiary/aromatic N) is 2. The second kappa shape index (κ2) is 4.59. The lowest BCUT2D eigenvalue weighted by Crippen LogP contribution is -2.35. The van der Waals surface area contributed by atoms with Crippen molar-refractivity contribution in [3.05, 3.63) is 41.0 Å². The molecule has 0 saturated carbocycles. The van der Waals surface area contributed by atoms with E-state index in [1.807, 2.05) is 19.1 Å². The molecule has 5 heteroatoms. The highest BCUT2D eigenvalue weighted by molar-refractivity contribution is 6.58. The smallest absolute Gasteiger partial charge is 0.300 e. The average molecular weight is 270 g/mol. The highest BCUT2D eigenvalue weighted by Crippen LogP contribution is 2.27. The van der Waals surface area contributed by atoms with Crippen LogP contribution in [0, 0.1) is 6.92 Å². The van der Waals surface area contributed by atoms with E-state index in [9.17, 15) is 14.7 Å². The van der Waals surface area contributed by atoms with Gasteiger partial charge in [0.15, 0.2) is 0 Å². The molecule has 0 aliphatic carbocycles. The molecule has 1 aromatic rings. The summed E-state index contributed by atoms with van der Waals surface area (Å²) >= 11 is 0. The number of ketones is 1. The minimum atomic E-state index is -0.677. The van der Waals surface area contributed by atoms with Gasteiger partial charge in [0.1, 0.15) is 17.2 Å². The topological polar surface area (TPSA) is 70.0 Å². The molecular formula is C15H14N2O3. The minimum absolute atomic E-state index is 0.0264. The van der Waals surface area contributed by atoms with Gasteiger partial charge in [-0.05, 0) is 13.3 Å². The number of amides is 1. The van der Waals surface area contributed by atoms with Crippen LogP contribution in [0.2, 0.25) is 0 Å². The molecule has 2 heterocycles. The fraction of sp³-hybridized carbons (Fsp3) is 0.267. The van der Waals surface area contributed by atoms with Crippen LogP contribution in [0.1, 0.15) is 17.5 Å². The summed E-state index contributed by atoms with van der Waals surface area (Å²) in [7, 11) is 0. The third-order valence-corrected chi connectivity index (χ3v) is 3.51. The third kappa shape index (κ3) is 1.82. The van der Waals surface area contributed by atoms with Gasteiger partial charge in [0, 0.05) is 18.7 Å². The monoisotopic (exact) mass is 270 g/mol. The maximum atomic E-state index is 12.1. The number of Topliss-reactive ketones (excluding diaryl/α,β-unsaturated/α-hetero) is 1. The normalized spacial score (nSPS) is 20.9. The SMILES string of the molecule is Cc1ccc(/C(O)=C2\C(=O)C(=O)N3CCCN=C23)cc1. The van der Waals surface area contributed by atoms with E-state index in [2.05, 4.69) is 4.99 Å². The fourth-order valence-corrected chi connectivity index (χ4v) is 2.42. The van der Waals surface area contributed by atoms with Crippen molar-refractivity contribution in [1.29, 1.82) is 0 Å². The van der Waals surface area contributed by atoms with Crippen molar-refractivity contribution in [2.75, 3.05) is 13.1 Å². The number of rotatable bonds is 1. The Morgan fingerprint density at radius 2 is 1.95 bits per heavy atom. The summed E-state index contributed by atoms with van der Waals surface area (Å²) in [6.45, 7) is 2.98. The Kier molecular flexibility index (Phi) is 2.89. The molecule has 2 aliphatic heterocycles. The summed E-state index contributed by atoms with van der Waals surface area (Å²) in [6, 6.07) is 7.13. The van der Waals surface area contributed by atoms with E-state index in [1.165, 1.54) is 4.90 Å². The minimum Gasteiger partial charge on any atom is -0.506 e. The maximum Gasteiger partial charge on any atom is 0.300 e. The number of carbonyl (C=O) groups excluding carboxylic acids is 2. The number of amidine groups is 1. The van der Waals surface area contributed by atoms with Crippen molar-refractivity contribution >= 4 is 23.3 Å². The van der Waals surface area contributed by atoms with Crippen molar-refractivity contribution in [3.63, 3.8) is 0 Å².